The maximum absolute atomic E-state index is 13.0. The molecule has 1 saturated heterocycles. The highest BCUT2D eigenvalue weighted by molar-refractivity contribution is 7.89. The van der Waals surface area contributed by atoms with E-state index in [0.29, 0.717) is 30.0 Å². The number of ether oxygens (including phenoxy) is 1. The topological polar surface area (TPSA) is 96.8 Å². The highest BCUT2D eigenvalue weighted by Crippen LogP contribution is 2.30. The summed E-state index contributed by atoms with van der Waals surface area (Å²) in [5, 5.41) is 0.288. The van der Waals surface area contributed by atoms with Crippen molar-refractivity contribution in [3.63, 3.8) is 0 Å². The molecular weight excluding hydrogens is 404 g/mol. The molecule has 10 heteroatoms. The van der Waals surface area contributed by atoms with Crippen molar-refractivity contribution in [2.45, 2.75) is 4.90 Å². The minimum atomic E-state index is -3.84. The van der Waals surface area contributed by atoms with Gasteiger partial charge in [0.2, 0.25) is 15.8 Å². The van der Waals surface area contributed by atoms with Crippen molar-refractivity contribution in [2.75, 3.05) is 26.3 Å². The van der Waals surface area contributed by atoms with Gasteiger partial charge >= 0.3 is 0 Å². The van der Waals surface area contributed by atoms with Gasteiger partial charge in [-0.2, -0.15) is 4.31 Å². The Labute approximate surface area is 164 Å². The van der Waals surface area contributed by atoms with Crippen molar-refractivity contribution in [3.05, 3.63) is 51.8 Å². The minimum Gasteiger partial charge on any atom is -0.379 e. The molecule has 0 bridgehead atoms. The van der Waals surface area contributed by atoms with Crippen LogP contribution in [0.15, 0.2) is 46.1 Å². The van der Waals surface area contributed by atoms with E-state index >= 15 is 0 Å². The number of aromatic nitrogens is 3. The van der Waals surface area contributed by atoms with Crippen LogP contribution in [0.3, 0.4) is 0 Å². The Bertz CT molecular complexity index is 1400. The van der Waals surface area contributed by atoms with E-state index in [9.17, 15) is 13.2 Å². The number of H-pyrrole nitrogens is 1. The molecule has 0 atom stereocenters. The van der Waals surface area contributed by atoms with E-state index < -0.39 is 15.6 Å². The molecule has 0 unspecified atom stereocenters. The fraction of sp³-hybridized carbons (Fsp3) is 0.222. The van der Waals surface area contributed by atoms with Gasteiger partial charge in [-0.25, -0.2) is 13.4 Å². The smallest absolute Gasteiger partial charge is 0.260 e. The Hall–Kier alpha value is -2.46. The Morgan fingerprint density at radius 1 is 1.11 bits per heavy atom. The number of benzene rings is 2. The molecule has 1 N–H and O–H groups in total. The van der Waals surface area contributed by atoms with Gasteiger partial charge in [-0.05, 0) is 24.3 Å². The van der Waals surface area contributed by atoms with Crippen LogP contribution < -0.4 is 5.56 Å². The summed E-state index contributed by atoms with van der Waals surface area (Å²) in [5.74, 6) is 0.374. The molecule has 144 valence electrons. The molecule has 0 saturated carbocycles. The van der Waals surface area contributed by atoms with Crippen molar-refractivity contribution in [1.82, 2.24) is 18.7 Å². The van der Waals surface area contributed by atoms with E-state index in [1.165, 1.54) is 16.4 Å². The number of rotatable bonds is 2. The summed E-state index contributed by atoms with van der Waals surface area (Å²) < 4.78 is 34.4. The summed E-state index contributed by atoms with van der Waals surface area (Å²) in [6, 6.07) is 10.3. The molecule has 4 aromatic rings. The molecule has 5 rings (SSSR count). The lowest BCUT2D eigenvalue weighted by Gasteiger charge is -2.26. The number of para-hydroxylation sites is 2. The van der Waals surface area contributed by atoms with Crippen LogP contribution in [0.1, 0.15) is 0 Å². The van der Waals surface area contributed by atoms with Gasteiger partial charge in [0, 0.05) is 13.1 Å². The number of nitrogens with zero attached hydrogens (tertiary/aromatic N) is 3. The van der Waals surface area contributed by atoms with Crippen LogP contribution >= 0.6 is 11.6 Å². The molecule has 2 aromatic heterocycles. The molecule has 1 fully saturated rings. The fourth-order valence-electron chi connectivity index (χ4n) is 3.56. The highest BCUT2D eigenvalue weighted by atomic mass is 35.5. The van der Waals surface area contributed by atoms with E-state index in [-0.39, 0.29) is 28.4 Å². The second-order valence-electron chi connectivity index (χ2n) is 6.53. The monoisotopic (exact) mass is 418 g/mol. The fourth-order valence-corrected chi connectivity index (χ4v) is 5.49. The van der Waals surface area contributed by atoms with Crippen LogP contribution in [-0.4, -0.2) is 53.4 Å². The molecule has 0 spiro atoms. The lowest BCUT2D eigenvalue weighted by atomic mass is 10.2. The van der Waals surface area contributed by atoms with Gasteiger partial charge < -0.3 is 4.74 Å². The summed E-state index contributed by atoms with van der Waals surface area (Å²) in [5.41, 5.74) is 1.58. The highest BCUT2D eigenvalue weighted by Gasteiger charge is 2.29. The number of nitrogens with one attached hydrogen (secondary N) is 1. The van der Waals surface area contributed by atoms with Crippen LogP contribution in [0.4, 0.5) is 0 Å². The van der Waals surface area contributed by atoms with E-state index in [1.807, 2.05) is 24.3 Å². The zero-order valence-corrected chi connectivity index (χ0v) is 16.1. The second kappa shape index (κ2) is 6.28. The first-order valence-electron chi connectivity index (χ1n) is 8.67. The maximum atomic E-state index is 13.0. The van der Waals surface area contributed by atoms with Crippen LogP contribution in [0.5, 0.6) is 0 Å². The van der Waals surface area contributed by atoms with Gasteiger partial charge in [-0.15, -0.1) is 0 Å². The van der Waals surface area contributed by atoms with E-state index in [0.717, 1.165) is 5.52 Å². The zero-order valence-electron chi connectivity index (χ0n) is 14.6. The van der Waals surface area contributed by atoms with Crippen molar-refractivity contribution < 1.29 is 13.2 Å². The number of imidazole rings is 1. The lowest BCUT2D eigenvalue weighted by molar-refractivity contribution is 0.0730. The first kappa shape index (κ1) is 17.6. The number of hydrogen-bond donors (Lipinski definition) is 1. The van der Waals surface area contributed by atoms with Gasteiger partial charge in [-0.3, -0.25) is 14.2 Å². The molecule has 2 aromatic carbocycles. The van der Waals surface area contributed by atoms with Crippen molar-refractivity contribution >= 4 is 49.3 Å². The third-order valence-corrected chi connectivity index (χ3v) is 7.27. The number of hydrogen-bond acceptors (Lipinski definition) is 5. The van der Waals surface area contributed by atoms with Gasteiger partial charge in [0.05, 0.1) is 40.2 Å². The van der Waals surface area contributed by atoms with Crippen LogP contribution in [0.25, 0.3) is 27.7 Å². The van der Waals surface area contributed by atoms with E-state index in [4.69, 9.17) is 16.3 Å². The third-order valence-electron chi connectivity index (χ3n) is 4.91. The predicted octanol–water partition coefficient (Wildman–Crippen LogP) is 2.00. The molecule has 0 aliphatic carbocycles. The van der Waals surface area contributed by atoms with Gasteiger partial charge in [0.15, 0.2) is 0 Å². The van der Waals surface area contributed by atoms with Crippen LogP contribution in [-0.2, 0) is 14.8 Å². The zero-order chi connectivity index (χ0) is 19.5. The summed E-state index contributed by atoms with van der Waals surface area (Å²) in [7, 11) is -3.84. The quantitative estimate of drug-likeness (QED) is 0.537. The number of halogens is 1. The first-order chi connectivity index (χ1) is 13.5. The molecule has 28 heavy (non-hydrogen) atoms. The van der Waals surface area contributed by atoms with Crippen LogP contribution in [0.2, 0.25) is 5.02 Å². The molecule has 8 nitrogen and oxygen atoms in total. The number of aromatic amines is 1. The Balaban J connectivity index is 1.82. The molecule has 0 amide bonds. The predicted molar refractivity (Wildman–Crippen MR) is 105 cm³/mol. The Morgan fingerprint density at radius 3 is 2.64 bits per heavy atom. The molecule has 1 aliphatic rings. The average molecular weight is 419 g/mol. The van der Waals surface area contributed by atoms with Gasteiger partial charge in [0.25, 0.3) is 5.56 Å². The first-order valence-corrected chi connectivity index (χ1v) is 10.5. The molecule has 1 aliphatic heterocycles. The summed E-state index contributed by atoms with van der Waals surface area (Å²) in [6.45, 7) is 1.15. The van der Waals surface area contributed by atoms with E-state index in [1.54, 1.807) is 4.40 Å². The Kier molecular flexibility index (Phi) is 3.95. The molecule has 3 heterocycles. The second-order valence-corrected chi connectivity index (χ2v) is 8.84. The summed E-state index contributed by atoms with van der Waals surface area (Å²) >= 11 is 6.39. The minimum absolute atomic E-state index is 0.0590. The summed E-state index contributed by atoms with van der Waals surface area (Å²) in [6.07, 6.45) is 0. The number of fused-ring (bicyclic) bond motifs is 5. The largest absolute Gasteiger partial charge is 0.379 e. The Morgan fingerprint density at radius 2 is 1.86 bits per heavy atom. The number of morpholine rings is 1. The van der Waals surface area contributed by atoms with Crippen LogP contribution in [0, 0.1) is 0 Å². The normalized spacial score (nSPS) is 16.3. The molecular formula is C18H15ClN4O4S. The van der Waals surface area contributed by atoms with E-state index in [2.05, 4.69) is 9.97 Å². The maximum Gasteiger partial charge on any atom is 0.260 e. The van der Waals surface area contributed by atoms with Crippen molar-refractivity contribution in [3.8, 4) is 0 Å². The van der Waals surface area contributed by atoms with Gasteiger partial charge in [-0.1, -0.05) is 23.7 Å². The lowest BCUT2D eigenvalue weighted by Crippen LogP contribution is -2.40. The third kappa shape index (κ3) is 2.55. The molecule has 0 radical (unpaired) electrons. The summed E-state index contributed by atoms with van der Waals surface area (Å²) in [4.78, 5) is 19.7. The standard InChI is InChI=1S/C18H15ClN4O4S/c19-12-10-15-11(9-16(12)28(25,26)22-5-7-27-8-6-22)17(24)21-18-20-13-3-1-2-4-14(13)23(15)18/h1-4,9-10H,5-8H2,(H,20,21,24). The van der Waals surface area contributed by atoms with Crippen molar-refractivity contribution in [1.29, 1.82) is 0 Å². The SMILES string of the molecule is O=c1[nH]c2nc3ccccc3n2c2cc(Cl)c(S(=O)(=O)N3CCOCC3)cc12. The van der Waals surface area contributed by atoms with Gasteiger partial charge in [0.1, 0.15) is 4.90 Å². The average Bonchev–Trinajstić information content (AvgIpc) is 3.06. The van der Waals surface area contributed by atoms with Crippen molar-refractivity contribution in [2.24, 2.45) is 0 Å². The number of sulfonamides is 1.